The zero-order valence-corrected chi connectivity index (χ0v) is 11.7. The maximum Gasteiger partial charge on any atom is 0.237 e. The Morgan fingerprint density at radius 1 is 1.28 bits per heavy atom. The quantitative estimate of drug-likeness (QED) is 0.884. The van der Waals surface area contributed by atoms with Crippen molar-refractivity contribution < 1.29 is 4.79 Å². The summed E-state index contributed by atoms with van der Waals surface area (Å²) in [4.78, 5) is 14.4. The summed E-state index contributed by atoms with van der Waals surface area (Å²) in [6.45, 7) is 9.80. The van der Waals surface area contributed by atoms with E-state index in [-0.39, 0.29) is 5.91 Å². The zero-order valence-electron chi connectivity index (χ0n) is 11.7. The van der Waals surface area contributed by atoms with Crippen molar-refractivity contribution >= 4 is 11.6 Å². The second-order valence-electron chi connectivity index (χ2n) is 5.71. The van der Waals surface area contributed by atoms with E-state index in [1.165, 1.54) is 0 Å². The second-order valence-corrected chi connectivity index (χ2v) is 5.71. The monoisotopic (exact) mass is 246 g/mol. The van der Waals surface area contributed by atoms with Crippen molar-refractivity contribution in [3.05, 3.63) is 29.8 Å². The van der Waals surface area contributed by atoms with Gasteiger partial charge >= 0.3 is 0 Å². The van der Waals surface area contributed by atoms with Gasteiger partial charge in [-0.1, -0.05) is 32.0 Å². The van der Waals surface area contributed by atoms with Gasteiger partial charge in [0.05, 0.1) is 5.41 Å². The molecule has 0 aromatic heterocycles. The Morgan fingerprint density at radius 3 is 2.61 bits per heavy atom. The molecule has 1 N–H and O–H groups in total. The zero-order chi connectivity index (χ0) is 13.3. The normalized spacial score (nSPS) is 17.4. The molecule has 18 heavy (non-hydrogen) atoms. The molecule has 3 heteroatoms. The molecule has 1 aromatic carbocycles. The fraction of sp³-hybridized carbons (Fsp3) is 0.533. The first-order valence-electron chi connectivity index (χ1n) is 6.59. The van der Waals surface area contributed by atoms with E-state index in [9.17, 15) is 4.79 Å². The minimum atomic E-state index is -0.394. The van der Waals surface area contributed by atoms with Crippen LogP contribution in [0.1, 0.15) is 33.3 Å². The summed E-state index contributed by atoms with van der Waals surface area (Å²) in [6.07, 6.45) is 0. The fourth-order valence-electron chi connectivity index (χ4n) is 2.49. The molecule has 0 aliphatic carbocycles. The van der Waals surface area contributed by atoms with Crippen molar-refractivity contribution in [2.75, 3.05) is 18.0 Å². The van der Waals surface area contributed by atoms with Crippen molar-refractivity contribution in [2.45, 2.75) is 39.2 Å². The highest BCUT2D eigenvalue weighted by atomic mass is 16.2. The minimum absolute atomic E-state index is 0.203. The first-order valence-corrected chi connectivity index (χ1v) is 6.59. The highest BCUT2D eigenvalue weighted by Crippen LogP contribution is 2.40. The maximum atomic E-state index is 12.5. The molecule has 0 fully saturated rings. The van der Waals surface area contributed by atoms with Crippen LogP contribution in [0, 0.1) is 0 Å². The van der Waals surface area contributed by atoms with Crippen molar-refractivity contribution in [3.8, 4) is 0 Å². The van der Waals surface area contributed by atoms with Crippen LogP contribution in [0.2, 0.25) is 0 Å². The van der Waals surface area contributed by atoms with Crippen LogP contribution in [-0.4, -0.2) is 25.0 Å². The number of amides is 1. The summed E-state index contributed by atoms with van der Waals surface area (Å²) >= 11 is 0. The van der Waals surface area contributed by atoms with Gasteiger partial charge in [0.2, 0.25) is 5.91 Å². The summed E-state index contributed by atoms with van der Waals surface area (Å²) in [5.41, 5.74) is 1.81. The lowest BCUT2D eigenvalue weighted by Crippen LogP contribution is -2.41. The van der Waals surface area contributed by atoms with E-state index in [0.717, 1.165) is 24.3 Å². The third-order valence-electron chi connectivity index (χ3n) is 3.54. The summed E-state index contributed by atoms with van der Waals surface area (Å²) in [5, 5.41) is 3.36. The average molecular weight is 246 g/mol. The Labute approximate surface area is 109 Å². The minimum Gasteiger partial charge on any atom is -0.313 e. The maximum absolute atomic E-state index is 12.5. The van der Waals surface area contributed by atoms with Crippen molar-refractivity contribution in [1.82, 2.24) is 5.32 Å². The van der Waals surface area contributed by atoms with E-state index in [0.29, 0.717) is 6.04 Å². The number of nitrogens with one attached hydrogen (secondary N) is 1. The van der Waals surface area contributed by atoms with Crippen LogP contribution in [-0.2, 0) is 10.2 Å². The predicted octanol–water partition coefficient (Wildman–Crippen LogP) is 2.31. The molecule has 2 rings (SSSR count). The largest absolute Gasteiger partial charge is 0.313 e. The van der Waals surface area contributed by atoms with Gasteiger partial charge in [-0.05, 0) is 25.5 Å². The van der Waals surface area contributed by atoms with Gasteiger partial charge < -0.3 is 10.2 Å². The van der Waals surface area contributed by atoms with Gasteiger partial charge in [0.1, 0.15) is 0 Å². The highest BCUT2D eigenvalue weighted by molar-refractivity contribution is 6.07. The molecule has 0 atom stereocenters. The Morgan fingerprint density at radius 2 is 1.94 bits per heavy atom. The SMILES string of the molecule is CC(C)NCCN1C(=O)C(C)(C)c2ccccc21. The number of anilines is 1. The van der Waals surface area contributed by atoms with Crippen LogP contribution >= 0.6 is 0 Å². The molecule has 0 unspecified atom stereocenters. The van der Waals surface area contributed by atoms with Crippen molar-refractivity contribution in [3.63, 3.8) is 0 Å². The van der Waals surface area contributed by atoms with E-state index in [2.05, 4.69) is 25.2 Å². The van der Waals surface area contributed by atoms with Crippen LogP contribution in [0.3, 0.4) is 0 Å². The van der Waals surface area contributed by atoms with Crippen LogP contribution in [0.25, 0.3) is 0 Å². The number of hydrogen-bond donors (Lipinski definition) is 1. The molecule has 1 heterocycles. The number of para-hydroxylation sites is 1. The first kappa shape index (κ1) is 13.1. The van der Waals surface area contributed by atoms with Crippen LogP contribution in [0.4, 0.5) is 5.69 Å². The number of carbonyl (C=O) groups is 1. The number of nitrogens with zero attached hydrogens (tertiary/aromatic N) is 1. The smallest absolute Gasteiger partial charge is 0.237 e. The Balaban J connectivity index is 2.20. The van der Waals surface area contributed by atoms with Gasteiger partial charge in [0.15, 0.2) is 0 Å². The highest BCUT2D eigenvalue weighted by Gasteiger charge is 2.43. The summed E-state index contributed by atoms with van der Waals surface area (Å²) in [7, 11) is 0. The molecule has 0 spiro atoms. The number of benzene rings is 1. The third kappa shape index (κ3) is 2.15. The van der Waals surface area contributed by atoms with Gasteiger partial charge in [-0.2, -0.15) is 0 Å². The fourth-order valence-corrected chi connectivity index (χ4v) is 2.49. The second kappa shape index (κ2) is 4.73. The van der Waals surface area contributed by atoms with Gasteiger partial charge in [-0.3, -0.25) is 4.79 Å². The molecular formula is C15H22N2O. The van der Waals surface area contributed by atoms with Crippen LogP contribution in [0.5, 0.6) is 0 Å². The number of fused-ring (bicyclic) bond motifs is 1. The standard InChI is InChI=1S/C15H22N2O/c1-11(2)16-9-10-17-13-8-6-5-7-12(13)15(3,4)14(17)18/h5-8,11,16H,9-10H2,1-4H3. The third-order valence-corrected chi connectivity index (χ3v) is 3.54. The summed E-state index contributed by atoms with van der Waals surface area (Å²) in [5.74, 6) is 0.203. The number of rotatable bonds is 4. The van der Waals surface area contributed by atoms with Gasteiger partial charge in [0, 0.05) is 24.8 Å². The average Bonchev–Trinajstić information content (AvgIpc) is 2.51. The molecule has 0 bridgehead atoms. The van der Waals surface area contributed by atoms with Crippen LogP contribution in [0.15, 0.2) is 24.3 Å². The molecule has 1 aliphatic heterocycles. The molecule has 0 saturated carbocycles. The van der Waals surface area contributed by atoms with Gasteiger partial charge in [-0.25, -0.2) is 0 Å². The van der Waals surface area contributed by atoms with Crippen LogP contribution < -0.4 is 10.2 Å². The lowest BCUT2D eigenvalue weighted by Gasteiger charge is -2.21. The molecule has 1 amide bonds. The summed E-state index contributed by atoms with van der Waals surface area (Å²) < 4.78 is 0. The molecule has 98 valence electrons. The van der Waals surface area contributed by atoms with Gasteiger partial charge in [0.25, 0.3) is 0 Å². The van der Waals surface area contributed by atoms with Crippen molar-refractivity contribution in [1.29, 1.82) is 0 Å². The first-order chi connectivity index (χ1) is 8.44. The summed E-state index contributed by atoms with van der Waals surface area (Å²) in [6, 6.07) is 8.55. The van der Waals surface area contributed by atoms with E-state index in [1.54, 1.807) is 0 Å². The van der Waals surface area contributed by atoms with E-state index >= 15 is 0 Å². The molecule has 0 radical (unpaired) electrons. The number of carbonyl (C=O) groups excluding carboxylic acids is 1. The van der Waals surface area contributed by atoms with Gasteiger partial charge in [-0.15, -0.1) is 0 Å². The topological polar surface area (TPSA) is 32.3 Å². The van der Waals surface area contributed by atoms with Crippen molar-refractivity contribution in [2.24, 2.45) is 0 Å². The van der Waals surface area contributed by atoms with E-state index in [4.69, 9.17) is 0 Å². The molecule has 1 aliphatic rings. The Hall–Kier alpha value is -1.35. The van der Waals surface area contributed by atoms with E-state index in [1.807, 2.05) is 36.9 Å². The lowest BCUT2D eigenvalue weighted by atomic mass is 9.86. The lowest BCUT2D eigenvalue weighted by molar-refractivity contribution is -0.122. The Kier molecular flexibility index (Phi) is 3.44. The Bertz CT molecular complexity index is 452. The molecule has 1 aromatic rings. The molecular weight excluding hydrogens is 224 g/mol. The molecule has 3 nitrogen and oxygen atoms in total. The molecule has 0 saturated heterocycles. The predicted molar refractivity (Wildman–Crippen MR) is 75.0 cm³/mol. The number of hydrogen-bond acceptors (Lipinski definition) is 2. The van der Waals surface area contributed by atoms with E-state index < -0.39 is 5.41 Å².